The van der Waals surface area contributed by atoms with Crippen LogP contribution >= 0.6 is 0 Å². The van der Waals surface area contributed by atoms with Crippen LogP contribution in [0, 0.1) is 0 Å². The average molecular weight is 453 g/mol. The Morgan fingerprint density at radius 2 is 1.76 bits per heavy atom. The molecule has 2 aromatic carbocycles. The van der Waals surface area contributed by atoms with E-state index in [2.05, 4.69) is 6.07 Å². The first-order chi connectivity index (χ1) is 15.6. The number of carbonyl (C=O) groups excluding carboxylic acids is 2. The van der Waals surface area contributed by atoms with Crippen LogP contribution in [0.1, 0.15) is 50.3 Å². The largest absolute Gasteiger partial charge is 0.484 e. The Bertz CT molecular complexity index is 950. The zero-order valence-electron chi connectivity index (χ0n) is 20.5. The molecule has 6 heteroatoms. The van der Waals surface area contributed by atoms with E-state index in [1.165, 1.54) is 10.5 Å². The summed E-state index contributed by atoms with van der Waals surface area (Å²) in [5.41, 5.74) is 2.95. The lowest BCUT2D eigenvalue weighted by atomic mass is 10.0. The normalized spacial score (nSPS) is 15.7. The number of ether oxygens (including phenoxy) is 2. The molecule has 0 aromatic heterocycles. The Labute approximate surface area is 197 Å². The fourth-order valence-corrected chi connectivity index (χ4v) is 3.99. The summed E-state index contributed by atoms with van der Waals surface area (Å²) in [6.07, 6.45) is 3.28. The van der Waals surface area contributed by atoms with Gasteiger partial charge >= 0.3 is 6.09 Å². The van der Waals surface area contributed by atoms with Gasteiger partial charge in [0.25, 0.3) is 5.91 Å². The maximum atomic E-state index is 13.2. The molecule has 1 aliphatic rings. The lowest BCUT2D eigenvalue weighted by Gasteiger charge is -2.33. The van der Waals surface area contributed by atoms with E-state index < -0.39 is 5.60 Å². The van der Waals surface area contributed by atoms with E-state index >= 15 is 0 Å². The molecule has 0 saturated carbocycles. The van der Waals surface area contributed by atoms with Crippen molar-refractivity contribution in [1.29, 1.82) is 0 Å². The molecule has 1 aliphatic carbocycles. The number of likely N-dealkylation sites (N-methyl/N-ethyl adjacent to an activating group) is 1. The van der Waals surface area contributed by atoms with E-state index in [-0.39, 0.29) is 24.6 Å². The van der Waals surface area contributed by atoms with Gasteiger partial charge in [-0.15, -0.1) is 0 Å². The predicted octanol–water partition coefficient (Wildman–Crippen LogP) is 4.84. The van der Waals surface area contributed by atoms with Gasteiger partial charge in [-0.3, -0.25) is 4.79 Å². The zero-order chi connectivity index (χ0) is 24.0. The third-order valence-electron chi connectivity index (χ3n) is 5.74. The topological polar surface area (TPSA) is 59.1 Å². The van der Waals surface area contributed by atoms with Gasteiger partial charge < -0.3 is 19.3 Å². The molecule has 178 valence electrons. The van der Waals surface area contributed by atoms with Gasteiger partial charge in [-0.25, -0.2) is 4.79 Å². The zero-order valence-corrected chi connectivity index (χ0v) is 20.5. The molecule has 1 unspecified atom stereocenters. The lowest BCUT2D eigenvalue weighted by Crippen LogP contribution is -2.43. The van der Waals surface area contributed by atoms with Crippen LogP contribution in [0.5, 0.6) is 5.75 Å². The van der Waals surface area contributed by atoms with Crippen molar-refractivity contribution < 1.29 is 19.1 Å². The minimum absolute atomic E-state index is 0.00720. The molecule has 3 rings (SSSR count). The summed E-state index contributed by atoms with van der Waals surface area (Å²) in [6.45, 7) is 6.20. The number of aryl methyl sites for hydroxylation is 1. The fourth-order valence-electron chi connectivity index (χ4n) is 3.99. The van der Waals surface area contributed by atoms with Gasteiger partial charge in [-0.2, -0.15) is 0 Å². The highest BCUT2D eigenvalue weighted by atomic mass is 16.6. The molecule has 1 atom stereocenters. The van der Waals surface area contributed by atoms with Crippen LogP contribution < -0.4 is 4.74 Å². The maximum absolute atomic E-state index is 13.2. The van der Waals surface area contributed by atoms with Gasteiger partial charge in [0.05, 0.1) is 0 Å². The van der Waals surface area contributed by atoms with Crippen molar-refractivity contribution in [1.82, 2.24) is 9.80 Å². The number of benzene rings is 2. The minimum atomic E-state index is -0.561. The quantitative estimate of drug-likeness (QED) is 0.589. The van der Waals surface area contributed by atoms with E-state index in [1.807, 2.05) is 68.1 Å². The standard InChI is InChI=1S/C27H36N2O4/c1-27(2,3)33-26(31)29(18-20-10-7-6-8-11-20)23-13-9-12-21-14-15-24(17-22(21)16-23)32-19-25(30)28(4)5/h6-8,10-11,14-15,17,23H,9,12-13,16,18-19H2,1-5H3. The van der Waals surface area contributed by atoms with Crippen LogP contribution in [0.25, 0.3) is 0 Å². The first kappa shape index (κ1) is 24.6. The monoisotopic (exact) mass is 452 g/mol. The summed E-state index contributed by atoms with van der Waals surface area (Å²) < 4.78 is 11.5. The summed E-state index contributed by atoms with van der Waals surface area (Å²) in [6, 6.07) is 16.1. The molecule has 0 N–H and O–H groups in total. The van der Waals surface area contributed by atoms with Crippen molar-refractivity contribution in [2.24, 2.45) is 0 Å². The van der Waals surface area contributed by atoms with Crippen molar-refractivity contribution in [3.8, 4) is 5.75 Å². The minimum Gasteiger partial charge on any atom is -0.484 e. The van der Waals surface area contributed by atoms with E-state index in [0.717, 1.165) is 36.8 Å². The molecule has 0 spiro atoms. The highest BCUT2D eigenvalue weighted by molar-refractivity contribution is 5.77. The summed E-state index contributed by atoms with van der Waals surface area (Å²) >= 11 is 0. The van der Waals surface area contributed by atoms with Crippen molar-refractivity contribution >= 4 is 12.0 Å². The summed E-state index contributed by atoms with van der Waals surface area (Å²) in [4.78, 5) is 28.5. The molecule has 6 nitrogen and oxygen atoms in total. The second kappa shape index (κ2) is 10.7. The van der Waals surface area contributed by atoms with Gasteiger partial charge in [0.2, 0.25) is 0 Å². The molecule has 0 radical (unpaired) electrons. The highest BCUT2D eigenvalue weighted by Gasteiger charge is 2.30. The second-order valence-electron chi connectivity index (χ2n) is 9.85. The average Bonchev–Trinajstić information content (AvgIpc) is 2.97. The Kier molecular flexibility index (Phi) is 8.01. The van der Waals surface area contributed by atoms with Gasteiger partial charge in [-0.05, 0) is 75.3 Å². The van der Waals surface area contributed by atoms with Crippen LogP contribution in [-0.2, 0) is 28.9 Å². The summed E-state index contributed by atoms with van der Waals surface area (Å²) in [7, 11) is 3.43. The Morgan fingerprint density at radius 1 is 1.03 bits per heavy atom. The van der Waals surface area contributed by atoms with Crippen LogP contribution in [0.3, 0.4) is 0 Å². The van der Waals surface area contributed by atoms with Crippen LogP contribution in [0.2, 0.25) is 0 Å². The number of fused-ring (bicyclic) bond motifs is 1. The molecule has 0 heterocycles. The Hall–Kier alpha value is -3.02. The van der Waals surface area contributed by atoms with Crippen LogP contribution in [-0.4, -0.2) is 54.1 Å². The Morgan fingerprint density at radius 3 is 2.42 bits per heavy atom. The number of carbonyl (C=O) groups is 2. The number of amides is 2. The number of nitrogens with zero attached hydrogens (tertiary/aromatic N) is 2. The molecule has 33 heavy (non-hydrogen) atoms. The number of hydrogen-bond acceptors (Lipinski definition) is 4. The van der Waals surface area contributed by atoms with E-state index in [9.17, 15) is 9.59 Å². The maximum Gasteiger partial charge on any atom is 0.410 e. The van der Waals surface area contributed by atoms with Gasteiger partial charge in [0.15, 0.2) is 6.61 Å². The van der Waals surface area contributed by atoms with Crippen molar-refractivity contribution in [2.75, 3.05) is 20.7 Å². The van der Waals surface area contributed by atoms with Crippen molar-refractivity contribution in [2.45, 2.75) is 64.6 Å². The SMILES string of the molecule is CN(C)C(=O)COc1ccc2c(c1)CC(N(Cc1ccccc1)C(=O)OC(C)(C)C)CCC2. The molecule has 0 aliphatic heterocycles. The Balaban J connectivity index is 1.82. The first-order valence-electron chi connectivity index (χ1n) is 11.6. The fraction of sp³-hybridized carbons (Fsp3) is 0.481. The van der Waals surface area contributed by atoms with Gasteiger partial charge in [0.1, 0.15) is 11.4 Å². The first-order valence-corrected chi connectivity index (χ1v) is 11.6. The molecule has 0 bridgehead atoms. The van der Waals surface area contributed by atoms with E-state index in [0.29, 0.717) is 12.3 Å². The van der Waals surface area contributed by atoms with E-state index in [4.69, 9.17) is 9.47 Å². The summed E-state index contributed by atoms with van der Waals surface area (Å²) in [5, 5.41) is 0. The molecular weight excluding hydrogens is 416 g/mol. The highest BCUT2D eigenvalue weighted by Crippen LogP contribution is 2.29. The van der Waals surface area contributed by atoms with Crippen LogP contribution in [0.15, 0.2) is 48.5 Å². The summed E-state index contributed by atoms with van der Waals surface area (Å²) in [5.74, 6) is 0.596. The molecule has 2 amide bonds. The van der Waals surface area contributed by atoms with Crippen molar-refractivity contribution in [3.05, 3.63) is 65.2 Å². The predicted molar refractivity (Wildman–Crippen MR) is 129 cm³/mol. The van der Waals surface area contributed by atoms with E-state index in [1.54, 1.807) is 14.1 Å². The van der Waals surface area contributed by atoms with Crippen LogP contribution in [0.4, 0.5) is 4.79 Å². The molecular formula is C27H36N2O4. The van der Waals surface area contributed by atoms with Gasteiger partial charge in [0, 0.05) is 26.7 Å². The molecule has 0 saturated heterocycles. The molecule has 2 aromatic rings. The van der Waals surface area contributed by atoms with Crippen molar-refractivity contribution in [3.63, 3.8) is 0 Å². The second-order valence-corrected chi connectivity index (χ2v) is 9.85. The third kappa shape index (κ3) is 7.24. The number of rotatable bonds is 6. The lowest BCUT2D eigenvalue weighted by molar-refractivity contribution is -0.130. The molecule has 0 fully saturated rings. The van der Waals surface area contributed by atoms with Gasteiger partial charge in [-0.1, -0.05) is 36.4 Å². The number of hydrogen-bond donors (Lipinski definition) is 0. The smallest absolute Gasteiger partial charge is 0.410 e. The third-order valence-corrected chi connectivity index (χ3v) is 5.74.